The summed E-state index contributed by atoms with van der Waals surface area (Å²) in [5.41, 5.74) is 0.671. The fourth-order valence-corrected chi connectivity index (χ4v) is 3.01. The second kappa shape index (κ2) is 7.50. The normalized spacial score (nSPS) is 21.9. The molecule has 0 saturated carbocycles. The monoisotopic (exact) mass is 344 g/mol. The van der Waals surface area contributed by atoms with Crippen molar-refractivity contribution in [1.29, 1.82) is 0 Å². The van der Waals surface area contributed by atoms with E-state index in [0.29, 0.717) is 12.2 Å². The minimum absolute atomic E-state index is 0.0209. The maximum absolute atomic E-state index is 14.1. The summed E-state index contributed by atoms with van der Waals surface area (Å²) in [5, 5.41) is 3.37. The van der Waals surface area contributed by atoms with Gasteiger partial charge in [0.15, 0.2) is 0 Å². The number of halogens is 2. The third kappa shape index (κ3) is 3.79. The van der Waals surface area contributed by atoms with Crippen LogP contribution in [0.2, 0.25) is 0 Å². The quantitative estimate of drug-likeness (QED) is 0.888. The number of benzene rings is 1. The summed E-state index contributed by atoms with van der Waals surface area (Å²) >= 11 is 3.42. The van der Waals surface area contributed by atoms with Crippen molar-refractivity contribution in [3.8, 4) is 0 Å². The maximum Gasteiger partial charge on any atom is 0.128 e. The zero-order valence-electron chi connectivity index (χ0n) is 12.0. The lowest BCUT2D eigenvalue weighted by atomic mass is 9.99. The van der Waals surface area contributed by atoms with Crippen molar-refractivity contribution >= 4 is 15.9 Å². The van der Waals surface area contributed by atoms with E-state index in [9.17, 15) is 4.39 Å². The van der Waals surface area contributed by atoms with Crippen LogP contribution in [0.5, 0.6) is 0 Å². The van der Waals surface area contributed by atoms with E-state index < -0.39 is 0 Å². The van der Waals surface area contributed by atoms with Crippen molar-refractivity contribution in [2.45, 2.75) is 26.0 Å². The molecule has 0 radical (unpaired) electrons. The molecule has 5 heteroatoms. The molecule has 1 heterocycles. The lowest BCUT2D eigenvalue weighted by Gasteiger charge is -2.37. The van der Waals surface area contributed by atoms with Crippen molar-refractivity contribution in [1.82, 2.24) is 10.2 Å². The van der Waals surface area contributed by atoms with E-state index in [-0.39, 0.29) is 18.0 Å². The van der Waals surface area contributed by atoms with Gasteiger partial charge in [-0.3, -0.25) is 4.90 Å². The van der Waals surface area contributed by atoms with Crippen LogP contribution in [0, 0.1) is 5.82 Å². The van der Waals surface area contributed by atoms with Crippen LogP contribution < -0.4 is 5.32 Å². The van der Waals surface area contributed by atoms with Crippen LogP contribution in [0.4, 0.5) is 4.39 Å². The molecule has 1 saturated heterocycles. The molecule has 112 valence electrons. The highest BCUT2D eigenvalue weighted by Crippen LogP contribution is 2.27. The summed E-state index contributed by atoms with van der Waals surface area (Å²) in [5.74, 6) is -0.184. The average Bonchev–Trinajstić information content (AvgIpc) is 2.47. The van der Waals surface area contributed by atoms with Gasteiger partial charge >= 0.3 is 0 Å². The van der Waals surface area contributed by atoms with Crippen LogP contribution in [-0.2, 0) is 4.74 Å². The van der Waals surface area contributed by atoms with Crippen molar-refractivity contribution in [3.05, 3.63) is 34.1 Å². The second-order valence-electron chi connectivity index (χ2n) is 5.00. The summed E-state index contributed by atoms with van der Waals surface area (Å²) in [6.07, 6.45) is -0.0209. The van der Waals surface area contributed by atoms with E-state index in [1.807, 2.05) is 13.0 Å². The number of nitrogens with one attached hydrogen (secondary N) is 1. The van der Waals surface area contributed by atoms with Gasteiger partial charge in [-0.25, -0.2) is 4.39 Å². The molecule has 1 aliphatic rings. The van der Waals surface area contributed by atoms with E-state index in [4.69, 9.17) is 4.74 Å². The summed E-state index contributed by atoms with van der Waals surface area (Å²) in [4.78, 5) is 2.34. The van der Waals surface area contributed by atoms with Crippen LogP contribution in [0.1, 0.15) is 25.5 Å². The van der Waals surface area contributed by atoms with Crippen LogP contribution in [0.15, 0.2) is 22.7 Å². The van der Waals surface area contributed by atoms with Gasteiger partial charge in [-0.1, -0.05) is 29.8 Å². The first-order chi connectivity index (χ1) is 9.65. The van der Waals surface area contributed by atoms with Crippen molar-refractivity contribution in [2.75, 3.05) is 32.8 Å². The molecule has 1 N–H and O–H groups in total. The highest BCUT2D eigenvalue weighted by Gasteiger charge is 2.30. The van der Waals surface area contributed by atoms with Gasteiger partial charge in [0, 0.05) is 23.1 Å². The van der Waals surface area contributed by atoms with Gasteiger partial charge in [0.1, 0.15) is 5.82 Å². The van der Waals surface area contributed by atoms with E-state index in [1.165, 1.54) is 6.07 Å². The predicted octanol–water partition coefficient (Wildman–Crippen LogP) is 2.96. The Hall–Kier alpha value is -0.490. The molecule has 2 unspecified atom stereocenters. The smallest absolute Gasteiger partial charge is 0.128 e. The Labute approximate surface area is 128 Å². The molecule has 1 aromatic carbocycles. The summed E-state index contributed by atoms with van der Waals surface area (Å²) in [6.45, 7) is 8.44. The van der Waals surface area contributed by atoms with Crippen LogP contribution in [0.3, 0.4) is 0 Å². The molecule has 20 heavy (non-hydrogen) atoms. The number of likely N-dealkylation sites (N-methyl/N-ethyl adjacent to an activating group) is 2. The molecule has 0 amide bonds. The average molecular weight is 345 g/mol. The first kappa shape index (κ1) is 15.9. The third-order valence-electron chi connectivity index (χ3n) is 3.71. The van der Waals surface area contributed by atoms with E-state index in [1.54, 1.807) is 6.07 Å². The Morgan fingerprint density at radius 3 is 3.00 bits per heavy atom. The molecule has 2 rings (SSSR count). The first-order valence-corrected chi connectivity index (χ1v) is 7.97. The van der Waals surface area contributed by atoms with Gasteiger partial charge < -0.3 is 10.1 Å². The topological polar surface area (TPSA) is 24.5 Å². The van der Waals surface area contributed by atoms with E-state index in [0.717, 1.165) is 30.7 Å². The molecular formula is C15H22BrFN2O. The summed E-state index contributed by atoms with van der Waals surface area (Å²) < 4.78 is 20.9. The Bertz CT molecular complexity index is 444. The predicted molar refractivity (Wildman–Crippen MR) is 82.4 cm³/mol. The molecule has 3 nitrogen and oxygen atoms in total. The number of morpholine rings is 1. The van der Waals surface area contributed by atoms with E-state index >= 15 is 0 Å². The highest BCUT2D eigenvalue weighted by molar-refractivity contribution is 9.10. The first-order valence-electron chi connectivity index (χ1n) is 7.18. The van der Waals surface area contributed by atoms with Crippen LogP contribution in [-0.4, -0.2) is 43.8 Å². The number of nitrogens with zero attached hydrogens (tertiary/aromatic N) is 1. The maximum atomic E-state index is 14.1. The molecule has 1 aromatic rings. The van der Waals surface area contributed by atoms with Gasteiger partial charge in [0.25, 0.3) is 0 Å². The zero-order chi connectivity index (χ0) is 14.5. The van der Waals surface area contributed by atoms with Gasteiger partial charge in [0.2, 0.25) is 0 Å². The third-order valence-corrected chi connectivity index (χ3v) is 4.21. The standard InChI is InChI=1S/C15H22BrFN2O/c1-3-18-15(12-9-11(16)5-6-13(12)17)14-10-19(4-2)7-8-20-14/h5-6,9,14-15,18H,3-4,7-8,10H2,1-2H3. The van der Waals surface area contributed by atoms with Crippen molar-refractivity contribution in [2.24, 2.45) is 0 Å². The Morgan fingerprint density at radius 1 is 1.50 bits per heavy atom. The molecule has 1 aliphatic heterocycles. The Kier molecular flexibility index (Phi) is 5.96. The lowest BCUT2D eigenvalue weighted by Crippen LogP contribution is -2.48. The van der Waals surface area contributed by atoms with Crippen LogP contribution in [0.25, 0.3) is 0 Å². The largest absolute Gasteiger partial charge is 0.374 e. The minimum atomic E-state index is -0.184. The van der Waals surface area contributed by atoms with Crippen LogP contribution >= 0.6 is 15.9 Å². The van der Waals surface area contributed by atoms with Gasteiger partial charge in [-0.2, -0.15) is 0 Å². The zero-order valence-corrected chi connectivity index (χ0v) is 13.6. The number of ether oxygens (including phenoxy) is 1. The number of rotatable bonds is 5. The fourth-order valence-electron chi connectivity index (χ4n) is 2.64. The van der Waals surface area contributed by atoms with Crippen molar-refractivity contribution < 1.29 is 9.13 Å². The molecule has 1 fully saturated rings. The molecule has 0 aliphatic carbocycles. The molecule has 0 aromatic heterocycles. The number of hydrogen-bond donors (Lipinski definition) is 1. The molecule has 0 bridgehead atoms. The minimum Gasteiger partial charge on any atom is -0.374 e. The summed E-state index contributed by atoms with van der Waals surface area (Å²) in [6, 6.07) is 4.95. The lowest BCUT2D eigenvalue weighted by molar-refractivity contribution is -0.0459. The van der Waals surface area contributed by atoms with Gasteiger partial charge in [0.05, 0.1) is 18.8 Å². The molecular weight excluding hydrogens is 323 g/mol. The van der Waals surface area contributed by atoms with Gasteiger partial charge in [-0.15, -0.1) is 0 Å². The fraction of sp³-hybridized carbons (Fsp3) is 0.600. The number of hydrogen-bond acceptors (Lipinski definition) is 3. The second-order valence-corrected chi connectivity index (χ2v) is 5.92. The Balaban J connectivity index is 2.23. The molecule has 2 atom stereocenters. The summed E-state index contributed by atoms with van der Waals surface area (Å²) in [7, 11) is 0. The Morgan fingerprint density at radius 2 is 2.30 bits per heavy atom. The van der Waals surface area contributed by atoms with E-state index in [2.05, 4.69) is 33.1 Å². The van der Waals surface area contributed by atoms with Crippen molar-refractivity contribution in [3.63, 3.8) is 0 Å². The highest BCUT2D eigenvalue weighted by atomic mass is 79.9. The van der Waals surface area contributed by atoms with Gasteiger partial charge in [-0.05, 0) is 31.3 Å². The molecule has 0 spiro atoms. The SMILES string of the molecule is CCNC(c1cc(Br)ccc1F)C1CN(CC)CCO1.